The molecule has 103 heavy (non-hydrogen) atoms. The number of halogens is 6. The predicted molar refractivity (Wildman–Crippen MR) is 372 cm³/mol. The first-order chi connectivity index (χ1) is 48.1. The maximum absolute atomic E-state index is 15.6. The van der Waals surface area contributed by atoms with Crippen molar-refractivity contribution in [3.63, 3.8) is 0 Å². The van der Waals surface area contributed by atoms with E-state index in [1.54, 1.807) is 27.7 Å². The second-order valence-corrected chi connectivity index (χ2v) is 31.4. The van der Waals surface area contributed by atoms with E-state index in [-0.39, 0.29) is 69.7 Å². The first kappa shape index (κ1) is 85.2. The molecule has 6 fully saturated rings. The Labute approximate surface area is 604 Å². The van der Waals surface area contributed by atoms with Gasteiger partial charge in [-0.25, -0.2) is 13.2 Å². The van der Waals surface area contributed by atoms with Gasteiger partial charge < -0.3 is 60.0 Å². The maximum Gasteiger partial charge on any atom is 0.397 e. The van der Waals surface area contributed by atoms with Crippen molar-refractivity contribution < 1.29 is 83.9 Å². The minimum absolute atomic E-state index is 0.0506. The van der Waals surface area contributed by atoms with Crippen molar-refractivity contribution in [2.75, 3.05) is 76.5 Å². The van der Waals surface area contributed by atoms with Gasteiger partial charge in [0.05, 0.1) is 13.0 Å². The van der Waals surface area contributed by atoms with Crippen LogP contribution in [0, 0.1) is 41.4 Å². The van der Waals surface area contributed by atoms with Gasteiger partial charge in [-0.05, 0) is 133 Å². The van der Waals surface area contributed by atoms with Gasteiger partial charge in [-0.3, -0.25) is 57.5 Å². The maximum atomic E-state index is 15.6. The molecular formula is C73H118F6N12O12. The summed E-state index contributed by atoms with van der Waals surface area (Å²) in [5.74, 6) is -14.0. The topological polar surface area (TPSA) is 270 Å². The van der Waals surface area contributed by atoms with Crippen molar-refractivity contribution in [2.24, 2.45) is 41.4 Å². The van der Waals surface area contributed by atoms with Gasteiger partial charge in [0.15, 0.2) is 0 Å². The highest BCUT2D eigenvalue weighted by molar-refractivity contribution is 6.01. The lowest BCUT2D eigenvalue weighted by atomic mass is 9.76. The summed E-state index contributed by atoms with van der Waals surface area (Å²) in [6.45, 7) is 11.4. The molecule has 12 amide bonds. The number of alkyl halides is 6. The van der Waals surface area contributed by atoms with Crippen LogP contribution in [0.15, 0.2) is 0 Å². The summed E-state index contributed by atoms with van der Waals surface area (Å²) in [5, 5.41) is 8.48. The minimum Gasteiger partial charge on any atom is -0.347 e. The molecule has 584 valence electrons. The monoisotopic (exact) mass is 1470 g/mol. The van der Waals surface area contributed by atoms with Gasteiger partial charge in [-0.2, -0.15) is 13.2 Å². The van der Waals surface area contributed by atoms with Gasteiger partial charge in [0, 0.05) is 70.0 Å². The summed E-state index contributed by atoms with van der Waals surface area (Å²) in [7, 11) is 12.3. The molecule has 13 atom stereocenters. The number of nitrogens with one attached hydrogen (secondary N) is 3. The lowest BCUT2D eigenvalue weighted by Crippen LogP contribution is -2.65. The van der Waals surface area contributed by atoms with Gasteiger partial charge in [0.2, 0.25) is 70.9 Å². The van der Waals surface area contributed by atoms with E-state index in [0.29, 0.717) is 44.4 Å². The van der Waals surface area contributed by atoms with Gasteiger partial charge in [0.25, 0.3) is 0 Å². The number of likely N-dealkylation sites (N-methyl/N-ethyl adjacent to an activating group) is 8. The van der Waals surface area contributed by atoms with E-state index in [4.69, 9.17) is 0 Å². The molecule has 2 aliphatic heterocycles. The van der Waals surface area contributed by atoms with Crippen LogP contribution in [-0.2, 0) is 57.5 Å². The number of nitrogens with zero attached hydrogens (tertiary/aromatic N) is 9. The first-order valence-electron chi connectivity index (χ1n) is 37.4. The highest BCUT2D eigenvalue weighted by atomic mass is 19.4. The number of hydrogen-bond acceptors (Lipinski definition) is 12. The summed E-state index contributed by atoms with van der Waals surface area (Å²) in [6, 6.07) is -12.0. The number of carbonyl (C=O) groups excluding carboxylic acids is 12. The molecule has 0 aromatic rings. The van der Waals surface area contributed by atoms with Crippen molar-refractivity contribution in [3.05, 3.63) is 0 Å². The molecule has 4 aliphatic carbocycles. The van der Waals surface area contributed by atoms with Crippen LogP contribution in [-0.4, -0.2) is 276 Å². The molecule has 2 heterocycles. The second-order valence-electron chi connectivity index (χ2n) is 31.4. The quantitative estimate of drug-likeness (QED) is 0.184. The summed E-state index contributed by atoms with van der Waals surface area (Å²) in [6.07, 6.45) is -8.47. The highest BCUT2D eigenvalue weighted by Gasteiger charge is 2.55. The fourth-order valence-corrected chi connectivity index (χ4v) is 16.2. The second kappa shape index (κ2) is 36.5. The van der Waals surface area contributed by atoms with Gasteiger partial charge in [0.1, 0.15) is 84.3 Å². The standard InChI is InChI=1S/C73H118F6N12O12/c1-17-42(4)60-69(101)86(12)45(7)64(96)91-34-31-53(91)68(100)88(14)55(38-46-23-21-41(3)22-24-46)67(99)84(10)40-57(92)80-52(30-27-48-35-50(75)59(51(76)36-48)73(77,78)79)65(97)87(13)54(37-47-25-28-49(74)29-26-47)63(95)82-72(32-19-20-33-72)71(103)90(16)61(43(5)18-2)70(102)89(15)56(66(98)83(8)9)39-58(93)85(11)44(6)62(94)81-60/h41-56,59-61H,17-40H2,1-16H3,(H,80,92)(H,81,94)(H,82,95)/t41?,42-,43-,44-,45-,46?,47?,48?,49?,50?,51?,52-,53-,54-,55-,56-,59?,60-,61-/m0/s1. The van der Waals surface area contributed by atoms with Crippen LogP contribution in [0.3, 0.4) is 0 Å². The van der Waals surface area contributed by atoms with Crippen LogP contribution >= 0.6 is 0 Å². The van der Waals surface area contributed by atoms with Gasteiger partial charge >= 0.3 is 6.18 Å². The number of fused-ring (bicyclic) bond motifs is 1. The van der Waals surface area contributed by atoms with Gasteiger partial charge in [-0.1, -0.05) is 86.0 Å². The Morgan fingerprint density at radius 2 is 1.13 bits per heavy atom. The minimum atomic E-state index is -5.19. The molecule has 0 aromatic heterocycles. The van der Waals surface area contributed by atoms with Crippen molar-refractivity contribution in [1.29, 1.82) is 0 Å². The van der Waals surface area contributed by atoms with E-state index >= 15 is 32.8 Å². The van der Waals surface area contributed by atoms with Crippen LogP contribution < -0.4 is 16.0 Å². The van der Waals surface area contributed by atoms with E-state index in [1.165, 1.54) is 102 Å². The molecule has 2 unspecified atom stereocenters. The zero-order chi connectivity index (χ0) is 77.2. The Morgan fingerprint density at radius 3 is 1.65 bits per heavy atom. The number of rotatable bonds is 12. The Kier molecular flexibility index (Phi) is 30.2. The average molecular weight is 1470 g/mol. The molecule has 2 saturated heterocycles. The molecule has 0 aromatic carbocycles. The molecule has 4 saturated carbocycles. The number of hydrogen-bond donors (Lipinski definition) is 3. The fraction of sp³-hybridized carbons (Fsp3) is 0.836. The Hall–Kier alpha value is -6.78. The van der Waals surface area contributed by atoms with E-state index in [0.717, 1.165) is 45.3 Å². The van der Waals surface area contributed by atoms with Crippen LogP contribution in [0.2, 0.25) is 0 Å². The zero-order valence-electron chi connectivity index (χ0n) is 63.6. The lowest BCUT2D eigenvalue weighted by molar-refractivity contribution is -0.219. The first-order valence-corrected chi connectivity index (χ1v) is 37.4. The normalized spacial score (nSPS) is 33.5. The molecule has 6 aliphatic rings. The third kappa shape index (κ3) is 20.4. The zero-order valence-corrected chi connectivity index (χ0v) is 63.6. The molecule has 6 rings (SSSR count). The van der Waals surface area contributed by atoms with Crippen LogP contribution in [0.1, 0.15) is 190 Å². The smallest absolute Gasteiger partial charge is 0.347 e. The largest absolute Gasteiger partial charge is 0.397 e. The molecule has 3 N–H and O–H groups in total. The molecular weight excluding hydrogens is 1350 g/mol. The van der Waals surface area contributed by atoms with Crippen LogP contribution in [0.5, 0.6) is 0 Å². The van der Waals surface area contributed by atoms with Crippen molar-refractivity contribution >= 4 is 70.9 Å². The lowest BCUT2D eigenvalue weighted by Gasteiger charge is -2.45. The van der Waals surface area contributed by atoms with E-state index in [1.807, 2.05) is 0 Å². The van der Waals surface area contributed by atoms with E-state index < -0.39 is 211 Å². The summed E-state index contributed by atoms with van der Waals surface area (Å²) < 4.78 is 87.6. The van der Waals surface area contributed by atoms with Crippen LogP contribution in [0.25, 0.3) is 0 Å². The van der Waals surface area contributed by atoms with Crippen molar-refractivity contribution in [2.45, 2.75) is 274 Å². The van der Waals surface area contributed by atoms with E-state index in [9.17, 15) is 51.1 Å². The SMILES string of the molecule is CC[C@H](C)[C@@H]1NC(=O)[C@H](C)N(C)C(=O)C[C@@H](C(=O)N(C)C)N(C)C(=O)[C@H]([C@@H](C)CC)N(C)C(=O)C2(CCCC2)NC(=O)[C@H](CC2CCC(F)CC2)N(C)C(=O)[C@H](CCC2CC(F)C(C(F)(F)F)C(F)C2)NC(=O)CN(C)C(=O)[C@H](CC2CCC(C)CC2)N(C)C(=O)[C@@H]2CCN2C(=O)[C@H](C)N(C)C1=O. The Balaban J connectivity index is 1.46. The Morgan fingerprint density at radius 1 is 0.583 bits per heavy atom. The average Bonchev–Trinajstić information content (AvgIpc) is 1.71. The van der Waals surface area contributed by atoms with Crippen molar-refractivity contribution in [3.8, 4) is 0 Å². The number of carbonyl (C=O) groups is 12. The van der Waals surface area contributed by atoms with E-state index in [2.05, 4.69) is 22.9 Å². The summed E-state index contributed by atoms with van der Waals surface area (Å²) in [5.41, 5.74) is -1.72. The van der Waals surface area contributed by atoms with Crippen molar-refractivity contribution in [1.82, 2.24) is 60.0 Å². The molecule has 24 nitrogen and oxygen atoms in total. The molecule has 1 spiro atoms. The predicted octanol–water partition coefficient (Wildman–Crippen LogP) is 6.21. The Bertz CT molecular complexity index is 3010. The van der Waals surface area contributed by atoms with Crippen LogP contribution in [0.4, 0.5) is 26.3 Å². The summed E-state index contributed by atoms with van der Waals surface area (Å²) >= 11 is 0. The fourth-order valence-electron chi connectivity index (χ4n) is 16.2. The summed E-state index contributed by atoms with van der Waals surface area (Å²) in [4.78, 5) is 190. The molecule has 30 heteroatoms. The number of amides is 12. The third-order valence-electron chi connectivity index (χ3n) is 24.1. The molecule has 0 radical (unpaired) electrons. The van der Waals surface area contributed by atoms with Gasteiger partial charge in [-0.15, -0.1) is 0 Å². The molecule has 0 bridgehead atoms. The third-order valence-corrected chi connectivity index (χ3v) is 24.1. The highest BCUT2D eigenvalue weighted by Crippen LogP contribution is 2.45.